The van der Waals surface area contributed by atoms with Gasteiger partial charge in [0.2, 0.25) is 0 Å². The fraction of sp³-hybridized carbons (Fsp3) is 0.417. The smallest absolute Gasteiger partial charge is 0.411 e. The van der Waals surface area contributed by atoms with Crippen molar-refractivity contribution in [1.29, 1.82) is 0 Å². The number of hydrogen-bond donors (Lipinski definition) is 0. The number of halogens is 3. The zero-order valence-electron chi connectivity index (χ0n) is 9.42. The predicted molar refractivity (Wildman–Crippen MR) is 56.6 cm³/mol. The van der Waals surface area contributed by atoms with E-state index in [9.17, 15) is 18.0 Å². The van der Waals surface area contributed by atoms with Gasteiger partial charge in [0.25, 0.3) is 0 Å². The van der Waals surface area contributed by atoms with Gasteiger partial charge in [-0.2, -0.15) is 13.2 Å². The molecule has 0 bridgehead atoms. The second kappa shape index (κ2) is 4.97. The number of alkyl halides is 3. The third kappa shape index (κ3) is 3.22. The van der Waals surface area contributed by atoms with Crippen LogP contribution in [0.2, 0.25) is 0 Å². The molecule has 0 spiro atoms. The lowest BCUT2D eigenvalue weighted by Crippen LogP contribution is -2.19. The third-order valence-corrected chi connectivity index (χ3v) is 2.57. The first kappa shape index (κ1) is 12.9. The molecule has 3 nitrogen and oxygen atoms in total. The Bertz CT molecular complexity index is 454. The molecule has 1 aromatic rings. The van der Waals surface area contributed by atoms with Crippen molar-refractivity contribution in [2.45, 2.75) is 19.0 Å². The van der Waals surface area contributed by atoms with Crippen LogP contribution in [0, 0.1) is 0 Å². The van der Waals surface area contributed by atoms with Crippen molar-refractivity contribution in [3.63, 3.8) is 0 Å². The summed E-state index contributed by atoms with van der Waals surface area (Å²) < 4.78 is 44.7. The maximum atomic E-state index is 11.8. The molecule has 0 heterocycles. The van der Waals surface area contributed by atoms with Crippen LogP contribution in [0.25, 0.3) is 0 Å². The first-order valence-electron chi connectivity index (χ1n) is 5.39. The van der Waals surface area contributed by atoms with E-state index in [0.29, 0.717) is 24.2 Å². The van der Waals surface area contributed by atoms with E-state index in [1.807, 2.05) is 0 Å². The Morgan fingerprint density at radius 3 is 2.72 bits per heavy atom. The van der Waals surface area contributed by atoms with Crippen LogP contribution in [0.15, 0.2) is 18.2 Å². The van der Waals surface area contributed by atoms with Crippen molar-refractivity contribution < 1.29 is 27.4 Å². The summed E-state index contributed by atoms with van der Waals surface area (Å²) in [5, 5.41) is 0. The van der Waals surface area contributed by atoms with Crippen LogP contribution in [-0.4, -0.2) is 25.4 Å². The SMILES string of the molecule is O=C1CCc2cc(OCOCC(F)(F)F)ccc21. The summed E-state index contributed by atoms with van der Waals surface area (Å²) in [7, 11) is 0. The standard InChI is InChI=1S/C12H11F3O3/c13-12(14,15)6-17-7-18-9-2-3-10-8(5-9)1-4-11(10)16/h2-3,5H,1,4,6-7H2. The van der Waals surface area contributed by atoms with Gasteiger partial charge in [0.05, 0.1) is 0 Å². The van der Waals surface area contributed by atoms with E-state index < -0.39 is 19.6 Å². The van der Waals surface area contributed by atoms with Gasteiger partial charge in [0, 0.05) is 12.0 Å². The van der Waals surface area contributed by atoms with Gasteiger partial charge in [0.1, 0.15) is 12.4 Å². The number of Topliss-reactive ketones (excluding diaryl/α,β-unsaturated/α-hetero) is 1. The number of benzene rings is 1. The van der Waals surface area contributed by atoms with E-state index in [0.717, 1.165) is 5.56 Å². The van der Waals surface area contributed by atoms with Gasteiger partial charge >= 0.3 is 6.18 Å². The Morgan fingerprint density at radius 2 is 2.00 bits per heavy atom. The molecule has 0 fully saturated rings. The zero-order chi connectivity index (χ0) is 13.2. The van der Waals surface area contributed by atoms with Crippen LogP contribution in [0.1, 0.15) is 22.3 Å². The van der Waals surface area contributed by atoms with E-state index in [2.05, 4.69) is 4.74 Å². The Kier molecular flexibility index (Phi) is 3.56. The van der Waals surface area contributed by atoms with Crippen LogP contribution >= 0.6 is 0 Å². The summed E-state index contributed by atoms with van der Waals surface area (Å²) >= 11 is 0. The largest absolute Gasteiger partial charge is 0.468 e. The molecule has 0 unspecified atom stereocenters. The number of hydrogen-bond acceptors (Lipinski definition) is 3. The summed E-state index contributed by atoms with van der Waals surface area (Å²) in [6, 6.07) is 4.85. The molecule has 1 aromatic carbocycles. The maximum absolute atomic E-state index is 11.8. The Labute approximate surface area is 102 Å². The monoisotopic (exact) mass is 260 g/mol. The normalized spacial score (nSPS) is 14.7. The number of rotatable bonds is 4. The van der Waals surface area contributed by atoms with Crippen molar-refractivity contribution in [3.8, 4) is 5.75 Å². The molecule has 0 aromatic heterocycles. The average molecular weight is 260 g/mol. The second-order valence-corrected chi connectivity index (χ2v) is 3.97. The summed E-state index contributed by atoms with van der Waals surface area (Å²) in [6.45, 7) is -1.80. The van der Waals surface area contributed by atoms with Crippen LogP contribution in [0.3, 0.4) is 0 Å². The Morgan fingerprint density at radius 1 is 1.22 bits per heavy atom. The lowest BCUT2D eigenvalue weighted by molar-refractivity contribution is -0.186. The number of fused-ring (bicyclic) bond motifs is 1. The molecule has 0 radical (unpaired) electrons. The van der Waals surface area contributed by atoms with E-state index in [1.165, 1.54) is 0 Å². The first-order chi connectivity index (χ1) is 8.46. The molecule has 0 atom stereocenters. The van der Waals surface area contributed by atoms with Crippen molar-refractivity contribution in [2.75, 3.05) is 13.4 Å². The number of ether oxygens (including phenoxy) is 2. The second-order valence-electron chi connectivity index (χ2n) is 3.97. The van der Waals surface area contributed by atoms with E-state index in [1.54, 1.807) is 18.2 Å². The van der Waals surface area contributed by atoms with Gasteiger partial charge < -0.3 is 9.47 Å². The van der Waals surface area contributed by atoms with Gasteiger partial charge in [-0.1, -0.05) is 0 Å². The van der Waals surface area contributed by atoms with E-state index in [4.69, 9.17) is 4.74 Å². The van der Waals surface area contributed by atoms with Crippen LogP contribution < -0.4 is 4.74 Å². The van der Waals surface area contributed by atoms with Gasteiger partial charge in [-0.3, -0.25) is 4.79 Å². The van der Waals surface area contributed by atoms with E-state index in [-0.39, 0.29) is 5.78 Å². The van der Waals surface area contributed by atoms with Crippen molar-refractivity contribution in [2.24, 2.45) is 0 Å². The number of carbonyl (C=O) groups is 1. The number of aryl methyl sites for hydroxylation is 1. The minimum absolute atomic E-state index is 0.0878. The predicted octanol–water partition coefficient (Wildman–Crippen LogP) is 2.73. The highest BCUT2D eigenvalue weighted by Gasteiger charge is 2.27. The minimum atomic E-state index is -4.35. The topological polar surface area (TPSA) is 35.5 Å². The van der Waals surface area contributed by atoms with Gasteiger partial charge in [-0.25, -0.2) is 0 Å². The van der Waals surface area contributed by atoms with Crippen molar-refractivity contribution in [3.05, 3.63) is 29.3 Å². The van der Waals surface area contributed by atoms with E-state index >= 15 is 0 Å². The highest BCUT2D eigenvalue weighted by molar-refractivity contribution is 6.00. The lowest BCUT2D eigenvalue weighted by Gasteiger charge is -2.10. The molecule has 0 amide bonds. The third-order valence-electron chi connectivity index (χ3n) is 2.57. The molecule has 98 valence electrons. The fourth-order valence-electron chi connectivity index (χ4n) is 1.79. The van der Waals surface area contributed by atoms with Crippen LogP contribution in [0.5, 0.6) is 5.75 Å². The number of ketones is 1. The molecule has 1 aliphatic rings. The molecule has 0 aliphatic heterocycles. The van der Waals surface area contributed by atoms with Gasteiger partial charge in [-0.05, 0) is 30.2 Å². The molecular formula is C12H11F3O3. The number of carbonyl (C=O) groups excluding carboxylic acids is 1. The molecule has 0 saturated heterocycles. The molecule has 1 aliphatic carbocycles. The zero-order valence-corrected chi connectivity index (χ0v) is 9.42. The highest BCUT2D eigenvalue weighted by atomic mass is 19.4. The molecule has 6 heteroatoms. The summed E-state index contributed by atoms with van der Waals surface area (Å²) in [5.74, 6) is 0.496. The maximum Gasteiger partial charge on any atom is 0.411 e. The molecule has 18 heavy (non-hydrogen) atoms. The van der Waals surface area contributed by atoms with Crippen molar-refractivity contribution >= 4 is 5.78 Å². The van der Waals surface area contributed by atoms with Gasteiger partial charge in [0.15, 0.2) is 12.6 Å². The molecular weight excluding hydrogens is 249 g/mol. The Hall–Kier alpha value is -1.56. The summed E-state index contributed by atoms with van der Waals surface area (Å²) in [6.07, 6.45) is -3.23. The molecule has 0 N–H and O–H groups in total. The van der Waals surface area contributed by atoms with Crippen LogP contribution in [0.4, 0.5) is 13.2 Å². The van der Waals surface area contributed by atoms with Gasteiger partial charge in [-0.15, -0.1) is 0 Å². The minimum Gasteiger partial charge on any atom is -0.468 e. The summed E-state index contributed by atoms with van der Waals surface area (Å²) in [4.78, 5) is 11.4. The van der Waals surface area contributed by atoms with Crippen LogP contribution in [-0.2, 0) is 11.2 Å². The lowest BCUT2D eigenvalue weighted by atomic mass is 10.1. The molecule has 0 saturated carbocycles. The summed E-state index contributed by atoms with van der Waals surface area (Å²) in [5.41, 5.74) is 1.53. The Balaban J connectivity index is 1.86. The highest BCUT2D eigenvalue weighted by Crippen LogP contribution is 2.26. The molecule has 2 rings (SSSR count). The average Bonchev–Trinajstić information content (AvgIpc) is 2.65. The quantitative estimate of drug-likeness (QED) is 0.616. The fourth-order valence-corrected chi connectivity index (χ4v) is 1.79. The van der Waals surface area contributed by atoms with Crippen molar-refractivity contribution in [1.82, 2.24) is 0 Å². The first-order valence-corrected chi connectivity index (χ1v) is 5.39.